The maximum absolute atomic E-state index is 12.6. The van der Waals surface area contributed by atoms with Crippen LogP contribution in [0.2, 0.25) is 0 Å². The third kappa shape index (κ3) is 3.53. The van der Waals surface area contributed by atoms with Crippen LogP contribution in [0.4, 0.5) is 0 Å². The fraction of sp³-hybridized carbons (Fsp3) is 0.368. The molecule has 2 amide bonds. The van der Waals surface area contributed by atoms with Gasteiger partial charge in [0.15, 0.2) is 11.0 Å². The molecule has 1 aliphatic rings. The Labute approximate surface area is 157 Å². The van der Waals surface area contributed by atoms with E-state index in [-0.39, 0.29) is 17.1 Å². The van der Waals surface area contributed by atoms with Crippen molar-refractivity contribution in [3.05, 3.63) is 36.0 Å². The molecule has 136 valence electrons. The molecule has 2 aromatic rings. The van der Waals surface area contributed by atoms with Gasteiger partial charge in [-0.3, -0.25) is 19.5 Å². The smallest absolute Gasteiger partial charge is 0.247 e. The lowest BCUT2D eigenvalue weighted by Crippen LogP contribution is -2.60. The minimum Gasteiger partial charge on any atom is -0.361 e. The van der Waals surface area contributed by atoms with Crippen LogP contribution in [0.1, 0.15) is 25.8 Å². The van der Waals surface area contributed by atoms with Crippen LogP contribution >= 0.6 is 12.2 Å². The number of thiocarbonyl (C=S) groups is 1. The monoisotopic (exact) mass is 370 g/mol. The number of aromatic nitrogens is 1. The molecule has 1 saturated heterocycles. The highest BCUT2D eigenvalue weighted by molar-refractivity contribution is 7.80. The molecule has 3 rings (SSSR count). The summed E-state index contributed by atoms with van der Waals surface area (Å²) in [5.74, 6) is -1.63. The summed E-state index contributed by atoms with van der Waals surface area (Å²) in [7, 11) is 0. The zero-order chi connectivity index (χ0) is 18.7. The number of carbonyl (C=O) groups excluding carboxylic acids is 2. The lowest BCUT2D eigenvalue weighted by molar-refractivity contribution is -0.139. The molecule has 0 unspecified atom stereocenters. The summed E-state index contributed by atoms with van der Waals surface area (Å²) in [5.41, 5.74) is 2.26. The van der Waals surface area contributed by atoms with Crippen molar-refractivity contribution in [3.8, 4) is 0 Å². The number of nitrogens with zero attached hydrogens (tertiary/aromatic N) is 2. The third-order valence-electron chi connectivity index (χ3n) is 4.71. The van der Waals surface area contributed by atoms with Crippen molar-refractivity contribution in [2.75, 3.05) is 6.54 Å². The quantitative estimate of drug-likeness (QED) is 0.466. The first kappa shape index (κ1) is 18.3. The van der Waals surface area contributed by atoms with Crippen LogP contribution in [-0.2, 0) is 16.0 Å². The molecule has 26 heavy (non-hydrogen) atoms. The number of amides is 2. The second kappa shape index (κ2) is 7.78. The largest absolute Gasteiger partial charge is 0.361 e. The van der Waals surface area contributed by atoms with E-state index in [1.165, 1.54) is 22.1 Å². The number of rotatable bonds is 6. The molecule has 0 bridgehead atoms. The maximum atomic E-state index is 12.6. The van der Waals surface area contributed by atoms with E-state index in [0.717, 1.165) is 18.4 Å². The number of benzene rings is 1. The summed E-state index contributed by atoms with van der Waals surface area (Å²) in [6.07, 6.45) is 4.91. The van der Waals surface area contributed by atoms with Crippen molar-refractivity contribution in [1.82, 2.24) is 15.2 Å². The van der Waals surface area contributed by atoms with Crippen LogP contribution < -0.4 is 5.32 Å². The highest BCUT2D eigenvalue weighted by atomic mass is 32.1. The zero-order valence-corrected chi connectivity index (χ0v) is 15.7. The molecule has 1 fully saturated rings. The summed E-state index contributed by atoms with van der Waals surface area (Å²) in [6.45, 7) is 4.39. The van der Waals surface area contributed by atoms with Crippen molar-refractivity contribution in [3.63, 3.8) is 0 Å². The molecule has 2 heterocycles. The molecule has 0 spiro atoms. The number of H-pyrrole nitrogens is 1. The normalized spacial score (nSPS) is 19.4. The van der Waals surface area contributed by atoms with Crippen LogP contribution in [0.5, 0.6) is 0 Å². The number of nitrogens with one attached hydrogen (secondary N) is 2. The van der Waals surface area contributed by atoms with E-state index in [1.54, 1.807) is 0 Å². The van der Waals surface area contributed by atoms with Gasteiger partial charge in [0.25, 0.3) is 0 Å². The van der Waals surface area contributed by atoms with Gasteiger partial charge in [-0.1, -0.05) is 25.1 Å². The van der Waals surface area contributed by atoms with Crippen molar-refractivity contribution in [1.29, 1.82) is 0 Å². The van der Waals surface area contributed by atoms with Gasteiger partial charge in [-0.05, 0) is 43.6 Å². The van der Waals surface area contributed by atoms with Crippen molar-refractivity contribution in [2.24, 2.45) is 10.9 Å². The van der Waals surface area contributed by atoms with Gasteiger partial charge in [0.2, 0.25) is 11.8 Å². The van der Waals surface area contributed by atoms with Gasteiger partial charge in [0.1, 0.15) is 0 Å². The molecule has 2 atom stereocenters. The van der Waals surface area contributed by atoms with Crippen molar-refractivity contribution in [2.45, 2.75) is 32.7 Å². The van der Waals surface area contributed by atoms with Crippen molar-refractivity contribution < 1.29 is 9.59 Å². The highest BCUT2D eigenvalue weighted by Crippen LogP contribution is 2.18. The van der Waals surface area contributed by atoms with Gasteiger partial charge in [-0.15, -0.1) is 0 Å². The predicted octanol–water partition coefficient (Wildman–Crippen LogP) is 2.44. The average Bonchev–Trinajstić information content (AvgIpc) is 3.03. The molecular weight excluding hydrogens is 348 g/mol. The number of hydrogen-bond acceptors (Lipinski definition) is 4. The first-order valence-electron chi connectivity index (χ1n) is 8.75. The topological polar surface area (TPSA) is 77.6 Å². The number of aliphatic imine (C=N–C) groups is 1. The molecule has 7 heteroatoms. The fourth-order valence-corrected chi connectivity index (χ4v) is 3.41. The second-order valence-electron chi connectivity index (χ2n) is 6.40. The van der Waals surface area contributed by atoms with Gasteiger partial charge >= 0.3 is 0 Å². The Balaban J connectivity index is 1.66. The molecule has 1 aromatic carbocycles. The molecule has 0 radical (unpaired) electrons. The summed E-state index contributed by atoms with van der Waals surface area (Å²) < 4.78 is 0. The Morgan fingerprint density at radius 1 is 1.35 bits per heavy atom. The maximum Gasteiger partial charge on any atom is 0.247 e. The van der Waals surface area contributed by atoms with E-state index in [4.69, 9.17) is 12.2 Å². The second-order valence-corrected chi connectivity index (χ2v) is 6.79. The highest BCUT2D eigenvalue weighted by Gasteiger charge is 2.39. The number of carbonyl (C=O) groups is 2. The van der Waals surface area contributed by atoms with Crippen LogP contribution in [-0.4, -0.2) is 45.6 Å². The Hall–Kier alpha value is -2.54. The number of fused-ring (bicyclic) bond motifs is 1. The molecule has 1 aliphatic heterocycles. The molecule has 0 aliphatic carbocycles. The summed E-state index contributed by atoms with van der Waals surface area (Å²) in [6, 6.07) is 8.02. The predicted molar refractivity (Wildman–Crippen MR) is 106 cm³/mol. The van der Waals surface area contributed by atoms with E-state index < -0.39 is 11.8 Å². The molecular formula is C19H22N4O2S. The average molecular weight is 370 g/mol. The van der Waals surface area contributed by atoms with Crippen molar-refractivity contribution >= 4 is 46.3 Å². The summed E-state index contributed by atoms with van der Waals surface area (Å²) in [5, 5.41) is 3.95. The van der Waals surface area contributed by atoms with Gasteiger partial charge in [0, 0.05) is 35.9 Å². The first-order chi connectivity index (χ1) is 12.5. The molecule has 0 saturated carbocycles. The number of aromatic amines is 1. The van der Waals surface area contributed by atoms with E-state index in [9.17, 15) is 9.59 Å². The Morgan fingerprint density at radius 2 is 2.12 bits per heavy atom. The van der Waals surface area contributed by atoms with E-state index in [1.807, 2.05) is 38.2 Å². The Kier molecular flexibility index (Phi) is 5.46. The van der Waals surface area contributed by atoms with Crippen LogP contribution in [0, 0.1) is 5.92 Å². The Morgan fingerprint density at radius 3 is 2.88 bits per heavy atom. The first-order valence-corrected chi connectivity index (χ1v) is 9.16. The summed E-state index contributed by atoms with van der Waals surface area (Å²) >= 11 is 5.14. The SMILES string of the molecule is CC[C@@H](C)N1C(=O)[C@@H](C=NCCc2c[nH]c3ccccc23)C(=O)NC1=S. The van der Waals surface area contributed by atoms with E-state index in [0.29, 0.717) is 6.54 Å². The van der Waals surface area contributed by atoms with Gasteiger partial charge in [0.05, 0.1) is 0 Å². The van der Waals surface area contributed by atoms with E-state index in [2.05, 4.69) is 21.4 Å². The molecule has 2 N–H and O–H groups in total. The summed E-state index contributed by atoms with van der Waals surface area (Å²) in [4.78, 5) is 33.8. The Bertz CT molecular complexity index is 873. The lowest BCUT2D eigenvalue weighted by atomic mass is 10.0. The van der Waals surface area contributed by atoms with Crippen LogP contribution in [0.3, 0.4) is 0 Å². The number of para-hydroxylation sites is 1. The standard InChI is InChI=1S/C19H22N4O2S/c1-3-12(2)23-18(25)15(17(24)22-19(23)26)11-20-9-8-13-10-21-16-7-5-4-6-14(13)16/h4-7,10-12,15,21H,3,8-9H2,1-2H3,(H,22,24,26)/t12-,15+/m1/s1. The zero-order valence-electron chi connectivity index (χ0n) is 14.9. The van der Waals surface area contributed by atoms with Gasteiger partial charge in [-0.25, -0.2) is 0 Å². The number of hydrogen-bond donors (Lipinski definition) is 2. The van der Waals surface area contributed by atoms with E-state index >= 15 is 0 Å². The third-order valence-corrected chi connectivity index (χ3v) is 5.00. The van der Waals surface area contributed by atoms with Crippen LogP contribution in [0.15, 0.2) is 35.5 Å². The lowest BCUT2D eigenvalue weighted by Gasteiger charge is -2.34. The molecule has 1 aromatic heterocycles. The van der Waals surface area contributed by atoms with Gasteiger partial charge in [-0.2, -0.15) is 0 Å². The minimum absolute atomic E-state index is 0.0577. The van der Waals surface area contributed by atoms with Crippen LogP contribution in [0.25, 0.3) is 10.9 Å². The minimum atomic E-state index is -0.918. The van der Waals surface area contributed by atoms with Gasteiger partial charge < -0.3 is 10.3 Å². The fourth-order valence-electron chi connectivity index (χ4n) is 3.04. The molecule has 6 nitrogen and oxygen atoms in total.